The minimum atomic E-state index is -0.865. The average molecular weight is 326 g/mol. The van der Waals surface area contributed by atoms with Crippen molar-refractivity contribution >= 4 is 5.97 Å². The van der Waals surface area contributed by atoms with Crippen molar-refractivity contribution in [3.8, 4) is 22.5 Å². The minimum absolute atomic E-state index is 0.00434. The second kappa shape index (κ2) is 6.31. The fourth-order valence-corrected chi connectivity index (χ4v) is 2.72. The summed E-state index contributed by atoms with van der Waals surface area (Å²) in [6.07, 6.45) is 0.289. The third kappa shape index (κ3) is 3.08. The number of hydrogen-bond donors (Lipinski definition) is 1. The van der Waals surface area contributed by atoms with Crippen molar-refractivity contribution in [1.29, 1.82) is 0 Å². The van der Waals surface area contributed by atoms with E-state index in [1.165, 1.54) is 0 Å². The summed E-state index contributed by atoms with van der Waals surface area (Å²) in [5.41, 5.74) is 4.53. The van der Waals surface area contributed by atoms with Crippen molar-refractivity contribution in [1.82, 2.24) is 10.1 Å². The summed E-state index contributed by atoms with van der Waals surface area (Å²) in [4.78, 5) is 15.0. The van der Waals surface area contributed by atoms with E-state index >= 15 is 0 Å². The Morgan fingerprint density at radius 1 is 1.08 bits per heavy atom. The number of carboxylic acid groups (broad SMARTS) is 1. The molecule has 2 aromatic heterocycles. The first-order valence-corrected chi connectivity index (χ1v) is 7.67. The number of nitrogens with zero attached hydrogens (tertiary/aromatic N) is 2. The highest BCUT2D eigenvalue weighted by Gasteiger charge is 2.15. The van der Waals surface area contributed by atoms with Crippen molar-refractivity contribution in [2.24, 2.45) is 0 Å². The van der Waals surface area contributed by atoms with Gasteiger partial charge in [0.05, 0.1) is 17.8 Å². The van der Waals surface area contributed by atoms with Gasteiger partial charge in [-0.05, 0) is 26.3 Å². The molecule has 0 fully saturated rings. The van der Waals surface area contributed by atoms with E-state index < -0.39 is 5.97 Å². The van der Waals surface area contributed by atoms with Gasteiger partial charge in [-0.1, -0.05) is 29.4 Å². The number of benzene rings is 1. The van der Waals surface area contributed by atoms with Crippen molar-refractivity contribution in [3.05, 3.63) is 47.3 Å². The highest BCUT2D eigenvalue weighted by atomic mass is 16.5. The van der Waals surface area contributed by atoms with E-state index in [9.17, 15) is 4.79 Å². The van der Waals surface area contributed by atoms with E-state index in [2.05, 4.69) is 10.1 Å². The van der Waals surface area contributed by atoms with E-state index in [-0.39, 0.29) is 12.8 Å². The van der Waals surface area contributed by atoms with Crippen LogP contribution in [-0.4, -0.2) is 21.2 Å². The Kier molecular flexibility index (Phi) is 4.20. The van der Waals surface area contributed by atoms with Crippen LogP contribution in [-0.2, 0) is 11.2 Å². The molecule has 0 unspecified atom stereocenters. The molecule has 0 radical (unpaired) electrons. The molecule has 0 aliphatic rings. The van der Waals surface area contributed by atoms with E-state index in [0.29, 0.717) is 11.7 Å². The van der Waals surface area contributed by atoms with Gasteiger partial charge in [0, 0.05) is 17.5 Å². The Bertz CT molecular complexity index is 856. The fourth-order valence-electron chi connectivity index (χ4n) is 2.72. The molecule has 0 saturated carbocycles. The minimum Gasteiger partial charge on any atom is -0.481 e. The molecule has 3 aromatic rings. The summed E-state index contributed by atoms with van der Waals surface area (Å²) in [5, 5.41) is 12.7. The Morgan fingerprint density at radius 2 is 1.75 bits per heavy atom. The number of carboxylic acids is 1. The predicted octanol–water partition coefficient (Wildman–Crippen LogP) is 3.94. The van der Waals surface area contributed by atoms with Gasteiger partial charge >= 0.3 is 5.97 Å². The van der Waals surface area contributed by atoms with Crippen LogP contribution in [0.25, 0.3) is 22.5 Å². The molecule has 6 nitrogen and oxygen atoms in total. The first kappa shape index (κ1) is 16.0. The Balaban J connectivity index is 1.87. The number of carbonyl (C=O) groups is 1. The van der Waals surface area contributed by atoms with Gasteiger partial charge in [0.1, 0.15) is 5.76 Å². The first-order valence-electron chi connectivity index (χ1n) is 7.67. The molecule has 0 aliphatic heterocycles. The zero-order valence-electron chi connectivity index (χ0n) is 13.8. The van der Waals surface area contributed by atoms with Gasteiger partial charge in [-0.25, -0.2) is 4.98 Å². The number of hydrogen-bond acceptors (Lipinski definition) is 5. The number of aliphatic carboxylic acids is 1. The van der Waals surface area contributed by atoms with Crippen molar-refractivity contribution < 1.29 is 18.8 Å². The molecule has 6 heteroatoms. The monoisotopic (exact) mass is 326 g/mol. The summed E-state index contributed by atoms with van der Waals surface area (Å²) in [6, 6.07) is 7.88. The lowest BCUT2D eigenvalue weighted by molar-refractivity contribution is -0.137. The van der Waals surface area contributed by atoms with Gasteiger partial charge in [0.25, 0.3) is 0 Å². The summed E-state index contributed by atoms with van der Waals surface area (Å²) in [5.74, 6) is 1.03. The molecule has 124 valence electrons. The number of aryl methyl sites for hydroxylation is 4. The summed E-state index contributed by atoms with van der Waals surface area (Å²) < 4.78 is 10.9. The van der Waals surface area contributed by atoms with Gasteiger partial charge in [-0.15, -0.1) is 0 Å². The lowest BCUT2D eigenvalue weighted by Crippen LogP contribution is -1.97. The SMILES string of the molecule is Cc1nc(CCC(=O)O)oc1-c1ccc(-c2c(C)noc2C)cc1. The molecule has 1 aromatic carbocycles. The Hall–Kier alpha value is -2.89. The van der Waals surface area contributed by atoms with Crippen LogP contribution in [0.4, 0.5) is 0 Å². The normalized spacial score (nSPS) is 11.0. The second-order valence-corrected chi connectivity index (χ2v) is 5.69. The lowest BCUT2D eigenvalue weighted by Gasteiger charge is -2.03. The number of aromatic nitrogens is 2. The smallest absolute Gasteiger partial charge is 0.303 e. The van der Waals surface area contributed by atoms with Gasteiger partial charge in [0.15, 0.2) is 11.7 Å². The van der Waals surface area contributed by atoms with Crippen LogP contribution in [0, 0.1) is 20.8 Å². The summed E-state index contributed by atoms with van der Waals surface area (Å²) in [6.45, 7) is 5.65. The van der Waals surface area contributed by atoms with Gasteiger partial charge < -0.3 is 14.0 Å². The molecule has 3 rings (SSSR count). The van der Waals surface area contributed by atoms with Crippen LogP contribution in [0.5, 0.6) is 0 Å². The maximum Gasteiger partial charge on any atom is 0.303 e. The molecule has 24 heavy (non-hydrogen) atoms. The maximum atomic E-state index is 10.7. The molecule has 0 saturated heterocycles. The maximum absolute atomic E-state index is 10.7. The van der Waals surface area contributed by atoms with E-state index in [4.69, 9.17) is 14.0 Å². The van der Waals surface area contributed by atoms with Gasteiger partial charge in [0.2, 0.25) is 0 Å². The summed E-state index contributed by atoms with van der Waals surface area (Å²) >= 11 is 0. The first-order chi connectivity index (χ1) is 11.5. The lowest BCUT2D eigenvalue weighted by atomic mass is 10.0. The molecule has 0 bridgehead atoms. The topological polar surface area (TPSA) is 89.4 Å². The van der Waals surface area contributed by atoms with E-state index in [1.54, 1.807) is 0 Å². The highest BCUT2D eigenvalue weighted by Crippen LogP contribution is 2.30. The highest BCUT2D eigenvalue weighted by molar-refractivity contribution is 5.71. The van der Waals surface area contributed by atoms with Crippen molar-refractivity contribution in [2.75, 3.05) is 0 Å². The molecule has 0 amide bonds. The Morgan fingerprint density at radius 3 is 2.33 bits per heavy atom. The van der Waals surface area contributed by atoms with E-state index in [1.807, 2.05) is 45.0 Å². The van der Waals surface area contributed by atoms with Crippen LogP contribution in [0.15, 0.2) is 33.2 Å². The van der Waals surface area contributed by atoms with E-state index in [0.717, 1.165) is 33.8 Å². The van der Waals surface area contributed by atoms with Crippen LogP contribution in [0.3, 0.4) is 0 Å². The zero-order chi connectivity index (χ0) is 17.3. The summed E-state index contributed by atoms with van der Waals surface area (Å²) in [7, 11) is 0. The average Bonchev–Trinajstić information content (AvgIpc) is 3.08. The molecule has 0 atom stereocenters. The molecule has 1 N–H and O–H groups in total. The van der Waals surface area contributed by atoms with Gasteiger partial charge in [-0.3, -0.25) is 4.79 Å². The number of rotatable bonds is 5. The van der Waals surface area contributed by atoms with Crippen LogP contribution in [0.2, 0.25) is 0 Å². The molecular weight excluding hydrogens is 308 g/mol. The second-order valence-electron chi connectivity index (χ2n) is 5.69. The Labute approximate surface area is 139 Å². The standard InChI is InChI=1S/C18H18N2O4/c1-10-17(12(3)24-20-10)13-4-6-14(7-5-13)18-11(2)19-15(23-18)8-9-16(21)22/h4-7H,8-9H2,1-3H3,(H,21,22). The number of oxazole rings is 1. The van der Waals surface area contributed by atoms with Crippen molar-refractivity contribution in [3.63, 3.8) is 0 Å². The molecule has 0 spiro atoms. The zero-order valence-corrected chi connectivity index (χ0v) is 13.8. The van der Waals surface area contributed by atoms with Crippen LogP contribution in [0.1, 0.15) is 29.5 Å². The quantitative estimate of drug-likeness (QED) is 0.764. The molecule has 2 heterocycles. The van der Waals surface area contributed by atoms with Crippen LogP contribution >= 0.6 is 0 Å². The van der Waals surface area contributed by atoms with Crippen molar-refractivity contribution in [2.45, 2.75) is 33.6 Å². The molecule has 0 aliphatic carbocycles. The third-order valence-electron chi connectivity index (χ3n) is 3.86. The third-order valence-corrected chi connectivity index (χ3v) is 3.86. The van der Waals surface area contributed by atoms with Crippen LogP contribution < -0.4 is 0 Å². The largest absolute Gasteiger partial charge is 0.481 e. The predicted molar refractivity (Wildman–Crippen MR) is 87.6 cm³/mol. The molecular formula is C18H18N2O4. The van der Waals surface area contributed by atoms with Gasteiger partial charge in [-0.2, -0.15) is 0 Å². The fraction of sp³-hybridized carbons (Fsp3) is 0.278.